The molecule has 0 unspecified atom stereocenters. The zero-order valence-corrected chi connectivity index (χ0v) is 16.8. The number of aromatic nitrogens is 5. The first-order valence-corrected chi connectivity index (χ1v) is 10.2. The number of hydrogen-bond acceptors (Lipinski definition) is 5. The van der Waals surface area contributed by atoms with Crippen LogP contribution in [0.4, 0.5) is 9.52 Å². The van der Waals surface area contributed by atoms with Gasteiger partial charge in [0, 0.05) is 29.5 Å². The minimum atomic E-state index is -0.365. The molecule has 31 heavy (non-hydrogen) atoms. The highest BCUT2D eigenvalue weighted by atomic mass is 32.1. The van der Waals surface area contributed by atoms with Gasteiger partial charge in [-0.05, 0) is 48.5 Å². The van der Waals surface area contributed by atoms with Crippen molar-refractivity contribution in [1.29, 1.82) is 0 Å². The van der Waals surface area contributed by atoms with Gasteiger partial charge in [-0.2, -0.15) is 10.2 Å². The third kappa shape index (κ3) is 3.99. The molecule has 0 aliphatic heterocycles. The maximum absolute atomic E-state index is 13.1. The lowest BCUT2D eigenvalue weighted by atomic mass is 10.1. The second-order valence-electron chi connectivity index (χ2n) is 6.61. The fraction of sp³-hybridized carbons (Fsp3) is 0. The molecule has 0 radical (unpaired) electrons. The quantitative estimate of drug-likeness (QED) is 0.443. The molecule has 0 bridgehead atoms. The van der Waals surface area contributed by atoms with Crippen LogP contribution >= 0.6 is 11.3 Å². The Hall–Kier alpha value is -4.11. The minimum Gasteiger partial charge on any atom is -0.296 e. The summed E-state index contributed by atoms with van der Waals surface area (Å²) < 4.78 is 16.4. The summed E-state index contributed by atoms with van der Waals surface area (Å²) in [4.78, 5) is 17.0. The molecular formula is C22H15FN6OS. The Balaban J connectivity index is 1.28. The van der Waals surface area contributed by atoms with E-state index in [1.165, 1.54) is 28.2 Å². The topological polar surface area (TPSA) is 77.6 Å². The zero-order chi connectivity index (χ0) is 21.2. The molecule has 0 aliphatic rings. The van der Waals surface area contributed by atoms with Gasteiger partial charge in [-0.15, -0.1) is 11.3 Å². The SMILES string of the molecule is O=C(Nc1nc(-c2ccc(-n3cccn3)cc2)cs1)c1ccn(-c2ccc(F)cc2)n1. The molecule has 1 amide bonds. The van der Waals surface area contributed by atoms with Crippen molar-refractivity contribution in [3.05, 3.63) is 96.1 Å². The second-order valence-corrected chi connectivity index (χ2v) is 7.47. The van der Waals surface area contributed by atoms with Gasteiger partial charge in [-0.1, -0.05) is 12.1 Å². The van der Waals surface area contributed by atoms with Crippen molar-refractivity contribution in [2.24, 2.45) is 0 Å². The molecule has 2 aromatic carbocycles. The van der Waals surface area contributed by atoms with Gasteiger partial charge >= 0.3 is 0 Å². The number of nitrogens with one attached hydrogen (secondary N) is 1. The molecule has 7 nitrogen and oxygen atoms in total. The van der Waals surface area contributed by atoms with Gasteiger partial charge in [0.25, 0.3) is 5.91 Å². The predicted octanol–water partition coefficient (Wildman–Crippen LogP) is 4.57. The molecule has 0 aliphatic carbocycles. The summed E-state index contributed by atoms with van der Waals surface area (Å²) in [5, 5.41) is 13.6. The minimum absolute atomic E-state index is 0.240. The first-order valence-electron chi connectivity index (χ1n) is 9.35. The first kappa shape index (κ1) is 18.9. The zero-order valence-electron chi connectivity index (χ0n) is 16.0. The molecule has 9 heteroatoms. The maximum Gasteiger partial charge on any atom is 0.277 e. The number of halogens is 1. The summed E-state index contributed by atoms with van der Waals surface area (Å²) in [7, 11) is 0. The molecular weight excluding hydrogens is 415 g/mol. The van der Waals surface area contributed by atoms with Crippen LogP contribution in [0.5, 0.6) is 0 Å². The highest BCUT2D eigenvalue weighted by molar-refractivity contribution is 7.14. The Morgan fingerprint density at radius 3 is 2.42 bits per heavy atom. The Bertz CT molecular complexity index is 1320. The first-order chi connectivity index (χ1) is 15.2. The van der Waals surface area contributed by atoms with Crippen LogP contribution in [0.2, 0.25) is 0 Å². The molecule has 5 aromatic rings. The summed E-state index contributed by atoms with van der Waals surface area (Å²) in [5.41, 5.74) is 3.56. The summed E-state index contributed by atoms with van der Waals surface area (Å²) in [6.45, 7) is 0. The lowest BCUT2D eigenvalue weighted by Crippen LogP contribution is -2.13. The molecule has 3 aromatic heterocycles. The van der Waals surface area contributed by atoms with Crippen LogP contribution in [0, 0.1) is 5.82 Å². The van der Waals surface area contributed by atoms with Gasteiger partial charge in [-0.25, -0.2) is 18.7 Å². The molecule has 3 heterocycles. The summed E-state index contributed by atoms with van der Waals surface area (Å²) in [5.74, 6) is -0.694. The lowest BCUT2D eigenvalue weighted by Gasteiger charge is -2.02. The van der Waals surface area contributed by atoms with Crippen LogP contribution < -0.4 is 5.32 Å². The van der Waals surface area contributed by atoms with Gasteiger partial charge in [-0.3, -0.25) is 10.1 Å². The normalized spacial score (nSPS) is 10.9. The van der Waals surface area contributed by atoms with Crippen molar-refractivity contribution in [2.45, 2.75) is 0 Å². The Labute approximate surface area is 180 Å². The number of rotatable bonds is 5. The molecule has 0 spiro atoms. The molecule has 0 fully saturated rings. The predicted molar refractivity (Wildman–Crippen MR) is 116 cm³/mol. The van der Waals surface area contributed by atoms with Crippen LogP contribution in [0.1, 0.15) is 10.5 Å². The van der Waals surface area contributed by atoms with Crippen molar-refractivity contribution in [3.63, 3.8) is 0 Å². The van der Waals surface area contributed by atoms with Gasteiger partial charge in [0.2, 0.25) is 0 Å². The van der Waals surface area contributed by atoms with E-state index in [0.29, 0.717) is 10.8 Å². The van der Waals surface area contributed by atoms with E-state index in [2.05, 4.69) is 20.5 Å². The standard InChI is InChI=1S/C22H15FN6OS/c23-16-4-8-18(9-5-16)29-13-10-19(27-29)21(30)26-22-25-20(14-31-22)15-2-6-17(7-3-15)28-12-1-11-24-28/h1-14H,(H,25,26,30). The van der Waals surface area contributed by atoms with Gasteiger partial charge in [0.05, 0.1) is 17.1 Å². The fourth-order valence-electron chi connectivity index (χ4n) is 3.01. The highest BCUT2D eigenvalue weighted by Gasteiger charge is 2.13. The number of nitrogens with zero attached hydrogens (tertiary/aromatic N) is 5. The van der Waals surface area contributed by atoms with E-state index in [-0.39, 0.29) is 17.4 Å². The van der Waals surface area contributed by atoms with E-state index in [4.69, 9.17) is 0 Å². The molecule has 5 rings (SSSR count). The van der Waals surface area contributed by atoms with Crippen molar-refractivity contribution < 1.29 is 9.18 Å². The van der Waals surface area contributed by atoms with Crippen molar-refractivity contribution in [1.82, 2.24) is 24.5 Å². The van der Waals surface area contributed by atoms with Gasteiger partial charge in [0.15, 0.2) is 10.8 Å². The number of carbonyl (C=O) groups is 1. The third-order valence-electron chi connectivity index (χ3n) is 4.57. The van der Waals surface area contributed by atoms with Crippen molar-refractivity contribution >= 4 is 22.4 Å². The average molecular weight is 430 g/mol. The van der Waals surface area contributed by atoms with E-state index < -0.39 is 0 Å². The average Bonchev–Trinajstić information content (AvgIpc) is 3.56. The van der Waals surface area contributed by atoms with E-state index >= 15 is 0 Å². The van der Waals surface area contributed by atoms with E-state index in [1.807, 2.05) is 41.9 Å². The van der Waals surface area contributed by atoms with Gasteiger partial charge < -0.3 is 0 Å². The molecule has 1 N–H and O–H groups in total. The summed E-state index contributed by atoms with van der Waals surface area (Å²) in [6, 6.07) is 17.2. The van der Waals surface area contributed by atoms with E-state index in [9.17, 15) is 9.18 Å². The van der Waals surface area contributed by atoms with Crippen molar-refractivity contribution in [3.8, 4) is 22.6 Å². The fourth-order valence-corrected chi connectivity index (χ4v) is 3.73. The van der Waals surface area contributed by atoms with Crippen LogP contribution in [0.25, 0.3) is 22.6 Å². The van der Waals surface area contributed by atoms with Crippen LogP contribution in [-0.2, 0) is 0 Å². The maximum atomic E-state index is 13.1. The van der Waals surface area contributed by atoms with Gasteiger partial charge in [0.1, 0.15) is 5.82 Å². The van der Waals surface area contributed by atoms with Crippen molar-refractivity contribution in [2.75, 3.05) is 5.32 Å². The Kier molecular flexibility index (Phi) is 4.85. The van der Waals surface area contributed by atoms with Crippen LogP contribution in [0.15, 0.2) is 84.6 Å². The van der Waals surface area contributed by atoms with E-state index in [0.717, 1.165) is 16.9 Å². The number of hydrogen-bond donors (Lipinski definition) is 1. The van der Waals surface area contributed by atoms with Crippen LogP contribution in [0.3, 0.4) is 0 Å². The Morgan fingerprint density at radius 2 is 1.68 bits per heavy atom. The molecule has 0 saturated carbocycles. The molecule has 0 atom stereocenters. The molecule has 0 saturated heterocycles. The van der Waals surface area contributed by atoms with E-state index in [1.54, 1.807) is 35.3 Å². The number of amides is 1. The third-order valence-corrected chi connectivity index (χ3v) is 5.33. The Morgan fingerprint density at radius 1 is 0.935 bits per heavy atom. The number of thiazole rings is 1. The monoisotopic (exact) mass is 430 g/mol. The second kappa shape index (κ2) is 7.96. The number of anilines is 1. The summed E-state index contributed by atoms with van der Waals surface area (Å²) >= 11 is 1.34. The number of carbonyl (C=O) groups excluding carboxylic acids is 1. The van der Waals surface area contributed by atoms with Crippen LogP contribution in [-0.4, -0.2) is 30.5 Å². The molecule has 152 valence electrons. The number of benzene rings is 2. The lowest BCUT2D eigenvalue weighted by molar-refractivity contribution is 0.102. The smallest absolute Gasteiger partial charge is 0.277 e. The highest BCUT2D eigenvalue weighted by Crippen LogP contribution is 2.26. The summed E-state index contributed by atoms with van der Waals surface area (Å²) in [6.07, 6.45) is 5.26. The largest absolute Gasteiger partial charge is 0.296 e.